The summed E-state index contributed by atoms with van der Waals surface area (Å²) in [6, 6.07) is 7.64. The van der Waals surface area contributed by atoms with Gasteiger partial charge in [0.2, 0.25) is 0 Å². The number of hydrogen-bond acceptors (Lipinski definition) is 1. The van der Waals surface area contributed by atoms with Crippen molar-refractivity contribution in [2.75, 3.05) is 0 Å². The quantitative estimate of drug-likeness (QED) is 0.646. The summed E-state index contributed by atoms with van der Waals surface area (Å²) in [6.07, 6.45) is 1.20. The summed E-state index contributed by atoms with van der Waals surface area (Å²) < 4.78 is 0.684. The molecule has 0 heterocycles. The van der Waals surface area contributed by atoms with Crippen LogP contribution in [-0.2, 0) is 0 Å². The molecule has 2 atom stereocenters. The molecule has 1 rings (SSSR count). The summed E-state index contributed by atoms with van der Waals surface area (Å²) in [6.45, 7) is 6.77. The Morgan fingerprint density at radius 2 is 1.67 bits per heavy atom. The number of alkyl halides is 1. The molecule has 0 fully saturated rings. The maximum absolute atomic E-state index is 9.26. The van der Waals surface area contributed by atoms with Gasteiger partial charge in [-0.1, -0.05) is 55.5 Å². The van der Waals surface area contributed by atoms with E-state index in [0.717, 1.165) is 0 Å². The fourth-order valence-corrected chi connectivity index (χ4v) is 2.41. The Hall–Kier alpha value is -0.250. The van der Waals surface area contributed by atoms with Crippen LogP contribution >= 0.6 is 22.6 Å². The maximum Gasteiger partial charge on any atom is 0.115 e. The lowest BCUT2D eigenvalue weighted by Crippen LogP contribution is -2.10. The highest BCUT2D eigenvalue weighted by Gasteiger charge is 2.17. The van der Waals surface area contributed by atoms with Gasteiger partial charge in [0.15, 0.2) is 0 Å². The van der Waals surface area contributed by atoms with Gasteiger partial charge in [-0.3, -0.25) is 0 Å². The summed E-state index contributed by atoms with van der Waals surface area (Å²) in [7, 11) is 0. The highest BCUT2D eigenvalue weighted by molar-refractivity contribution is 14.1. The first kappa shape index (κ1) is 12.8. The zero-order chi connectivity index (χ0) is 11.4. The molecule has 0 amide bonds. The highest BCUT2D eigenvalue weighted by atomic mass is 127. The third-order valence-electron chi connectivity index (χ3n) is 2.70. The van der Waals surface area contributed by atoms with Crippen LogP contribution in [-0.4, -0.2) is 9.03 Å². The molecular weight excluding hydrogens is 299 g/mol. The summed E-state index contributed by atoms with van der Waals surface area (Å²) in [4.78, 5) is 0. The van der Waals surface area contributed by atoms with Gasteiger partial charge in [-0.05, 0) is 36.0 Å². The Balaban J connectivity index is 2.84. The molecule has 2 unspecified atom stereocenters. The van der Waals surface area contributed by atoms with E-state index in [-0.39, 0.29) is 0 Å². The molecule has 2 heteroatoms. The van der Waals surface area contributed by atoms with Crippen LogP contribution in [0.2, 0.25) is 0 Å². The predicted molar refractivity (Wildman–Crippen MR) is 73.8 cm³/mol. The van der Waals surface area contributed by atoms with Gasteiger partial charge in [0.05, 0.1) is 0 Å². The fourth-order valence-electron chi connectivity index (χ4n) is 1.86. The van der Waals surface area contributed by atoms with Crippen LogP contribution < -0.4 is 0 Å². The maximum atomic E-state index is 9.26. The van der Waals surface area contributed by atoms with E-state index in [2.05, 4.69) is 43.4 Å². The third kappa shape index (κ3) is 4.01. The van der Waals surface area contributed by atoms with Crippen molar-refractivity contribution in [2.24, 2.45) is 5.92 Å². The lowest BCUT2D eigenvalue weighted by molar-refractivity contribution is 0.463. The molecule has 0 aliphatic carbocycles. The Labute approximate surface area is 106 Å². The van der Waals surface area contributed by atoms with Crippen molar-refractivity contribution >= 4 is 22.6 Å². The first-order valence-corrected chi connectivity index (χ1v) is 6.68. The Bertz CT molecular complexity index is 290. The van der Waals surface area contributed by atoms with Crippen LogP contribution in [0, 0.1) is 5.92 Å². The molecule has 1 aromatic carbocycles. The largest absolute Gasteiger partial charge is 0.508 e. The van der Waals surface area contributed by atoms with Crippen molar-refractivity contribution in [3.8, 4) is 5.75 Å². The summed E-state index contributed by atoms with van der Waals surface area (Å²) in [5, 5.41) is 9.26. The molecule has 0 saturated heterocycles. The number of aromatic hydroxyl groups is 1. The molecule has 15 heavy (non-hydrogen) atoms. The summed E-state index contributed by atoms with van der Waals surface area (Å²) >= 11 is 2.48. The summed E-state index contributed by atoms with van der Waals surface area (Å²) in [5.41, 5.74) is 1.34. The van der Waals surface area contributed by atoms with Crippen LogP contribution in [0.4, 0.5) is 0 Å². The van der Waals surface area contributed by atoms with Crippen molar-refractivity contribution < 1.29 is 5.11 Å². The van der Waals surface area contributed by atoms with Crippen LogP contribution in [0.3, 0.4) is 0 Å². The fraction of sp³-hybridized carbons (Fsp3) is 0.538. The Kier molecular flexibility index (Phi) is 4.90. The average Bonchev–Trinajstić information content (AvgIpc) is 2.15. The zero-order valence-electron chi connectivity index (χ0n) is 9.57. The predicted octanol–water partition coefficient (Wildman–Crippen LogP) is 4.35. The molecule has 0 aliphatic heterocycles. The van der Waals surface area contributed by atoms with E-state index in [1.807, 2.05) is 12.1 Å². The molecule has 0 radical (unpaired) electrons. The molecule has 1 N–H and O–H groups in total. The second-order valence-corrected chi connectivity index (χ2v) is 6.58. The lowest BCUT2D eigenvalue weighted by atomic mass is 9.85. The minimum absolute atomic E-state index is 0.351. The van der Waals surface area contributed by atoms with Crippen LogP contribution in [0.1, 0.15) is 38.7 Å². The van der Waals surface area contributed by atoms with Crippen LogP contribution in [0.25, 0.3) is 0 Å². The van der Waals surface area contributed by atoms with Gasteiger partial charge in [-0.2, -0.15) is 0 Å². The number of phenols is 1. The van der Waals surface area contributed by atoms with Crippen molar-refractivity contribution in [1.29, 1.82) is 0 Å². The Morgan fingerprint density at radius 1 is 1.13 bits per heavy atom. The minimum atomic E-state index is 0.351. The van der Waals surface area contributed by atoms with Gasteiger partial charge in [-0.25, -0.2) is 0 Å². The topological polar surface area (TPSA) is 20.2 Å². The highest BCUT2D eigenvalue weighted by Crippen LogP contribution is 2.31. The minimum Gasteiger partial charge on any atom is -0.508 e. The second kappa shape index (κ2) is 5.73. The van der Waals surface area contributed by atoms with Crippen LogP contribution in [0.15, 0.2) is 24.3 Å². The zero-order valence-corrected chi connectivity index (χ0v) is 11.7. The SMILES string of the molecule is CC(I)CC(c1ccc(O)cc1)C(C)C. The number of benzene rings is 1. The van der Waals surface area contributed by atoms with Gasteiger partial charge in [0, 0.05) is 3.92 Å². The van der Waals surface area contributed by atoms with E-state index in [9.17, 15) is 5.11 Å². The molecule has 0 aliphatic rings. The molecule has 0 spiro atoms. The van der Waals surface area contributed by atoms with E-state index in [4.69, 9.17) is 0 Å². The number of hydrogen-bond donors (Lipinski definition) is 1. The number of phenolic OH excluding ortho intramolecular Hbond substituents is 1. The standard InChI is InChI=1S/C13H19IO/c1-9(2)13(8-10(3)14)11-4-6-12(15)7-5-11/h4-7,9-10,13,15H,8H2,1-3H3. The van der Waals surface area contributed by atoms with Gasteiger partial charge in [0.25, 0.3) is 0 Å². The van der Waals surface area contributed by atoms with E-state index in [1.165, 1.54) is 12.0 Å². The van der Waals surface area contributed by atoms with Crippen molar-refractivity contribution in [1.82, 2.24) is 0 Å². The van der Waals surface area contributed by atoms with Crippen molar-refractivity contribution in [2.45, 2.75) is 37.0 Å². The lowest BCUT2D eigenvalue weighted by Gasteiger charge is -2.22. The molecule has 1 aromatic rings. The third-order valence-corrected chi connectivity index (χ3v) is 3.21. The molecular formula is C13H19IO. The number of halogens is 1. The monoisotopic (exact) mass is 318 g/mol. The smallest absolute Gasteiger partial charge is 0.115 e. The molecule has 0 bridgehead atoms. The van der Waals surface area contributed by atoms with Gasteiger partial charge in [-0.15, -0.1) is 0 Å². The normalized spacial score (nSPS) is 15.3. The first-order chi connectivity index (χ1) is 7.00. The van der Waals surface area contributed by atoms with Crippen molar-refractivity contribution in [3.05, 3.63) is 29.8 Å². The van der Waals surface area contributed by atoms with E-state index in [1.54, 1.807) is 12.1 Å². The second-order valence-electron chi connectivity index (χ2n) is 4.46. The average molecular weight is 318 g/mol. The summed E-state index contributed by atoms with van der Waals surface area (Å²) in [5.74, 6) is 1.59. The van der Waals surface area contributed by atoms with Gasteiger partial charge in [0.1, 0.15) is 5.75 Å². The first-order valence-electron chi connectivity index (χ1n) is 5.43. The van der Waals surface area contributed by atoms with E-state index < -0.39 is 0 Å². The molecule has 84 valence electrons. The van der Waals surface area contributed by atoms with Gasteiger partial charge >= 0.3 is 0 Å². The Morgan fingerprint density at radius 3 is 2.07 bits per heavy atom. The molecule has 1 nitrogen and oxygen atoms in total. The van der Waals surface area contributed by atoms with Gasteiger partial charge < -0.3 is 5.11 Å². The van der Waals surface area contributed by atoms with E-state index in [0.29, 0.717) is 21.5 Å². The molecule has 0 saturated carbocycles. The van der Waals surface area contributed by atoms with Crippen LogP contribution in [0.5, 0.6) is 5.75 Å². The van der Waals surface area contributed by atoms with Crippen molar-refractivity contribution in [3.63, 3.8) is 0 Å². The molecule has 0 aromatic heterocycles. The van der Waals surface area contributed by atoms with E-state index >= 15 is 0 Å². The number of rotatable bonds is 4.